The Morgan fingerprint density at radius 1 is 1.16 bits per heavy atom. The van der Waals surface area contributed by atoms with E-state index in [4.69, 9.17) is 4.99 Å². The summed E-state index contributed by atoms with van der Waals surface area (Å²) in [5, 5.41) is 6.78. The Kier molecular flexibility index (Phi) is 8.68. The van der Waals surface area contributed by atoms with Crippen LogP contribution in [0.5, 0.6) is 0 Å². The lowest BCUT2D eigenvalue weighted by Gasteiger charge is -2.20. The van der Waals surface area contributed by atoms with Crippen LogP contribution in [0.2, 0.25) is 0 Å². The zero-order valence-corrected chi connectivity index (χ0v) is 20.3. The molecule has 7 nitrogen and oxygen atoms in total. The molecule has 0 bridgehead atoms. The zero-order valence-electron chi connectivity index (χ0n) is 17.9. The van der Waals surface area contributed by atoms with Crippen LogP contribution in [0.1, 0.15) is 31.7 Å². The quantitative estimate of drug-likeness (QED) is 0.334. The Morgan fingerprint density at radius 2 is 2.00 bits per heavy atom. The van der Waals surface area contributed by atoms with Gasteiger partial charge in [-0.1, -0.05) is 6.07 Å². The number of aromatic nitrogens is 2. The first-order valence-corrected chi connectivity index (χ1v) is 10.8. The lowest BCUT2D eigenvalue weighted by Crippen LogP contribution is -2.44. The Hall–Kier alpha value is -2.17. The molecule has 0 saturated carbocycles. The molecule has 2 aromatic rings. The van der Waals surface area contributed by atoms with Crippen LogP contribution in [0, 0.1) is 5.82 Å². The van der Waals surface area contributed by atoms with Crippen molar-refractivity contribution in [1.82, 2.24) is 20.6 Å². The summed E-state index contributed by atoms with van der Waals surface area (Å²) in [6.07, 6.45) is 6.95. The molecule has 0 amide bonds. The van der Waals surface area contributed by atoms with E-state index in [0.717, 1.165) is 49.9 Å². The summed E-state index contributed by atoms with van der Waals surface area (Å²) in [7, 11) is 0. The molecular weight excluding hydrogens is 508 g/mol. The zero-order chi connectivity index (χ0) is 20.8. The summed E-state index contributed by atoms with van der Waals surface area (Å²) in [5.74, 6) is 1.98. The van der Waals surface area contributed by atoms with Crippen molar-refractivity contribution in [2.75, 3.05) is 42.5 Å². The average molecular weight is 539 g/mol. The lowest BCUT2D eigenvalue weighted by atomic mass is 10.2. The minimum Gasteiger partial charge on any atom is -0.357 e. The van der Waals surface area contributed by atoms with E-state index in [9.17, 15) is 4.39 Å². The molecule has 2 fully saturated rings. The summed E-state index contributed by atoms with van der Waals surface area (Å²) < 4.78 is 14.0. The van der Waals surface area contributed by atoms with Crippen LogP contribution in [-0.2, 0) is 6.54 Å². The Morgan fingerprint density at radius 3 is 2.71 bits per heavy atom. The molecule has 0 spiro atoms. The third-order valence-corrected chi connectivity index (χ3v) is 5.57. The van der Waals surface area contributed by atoms with E-state index in [1.54, 1.807) is 12.3 Å². The Labute approximate surface area is 200 Å². The number of hydrogen-bond acceptors (Lipinski definition) is 5. The number of hydrogen-bond donors (Lipinski definition) is 2. The molecule has 4 rings (SSSR count). The minimum absolute atomic E-state index is 0. The van der Waals surface area contributed by atoms with Crippen molar-refractivity contribution in [2.45, 2.75) is 38.8 Å². The van der Waals surface area contributed by atoms with Crippen molar-refractivity contribution in [1.29, 1.82) is 0 Å². The number of nitrogens with zero attached hydrogens (tertiary/aromatic N) is 5. The SMILES string of the molecule is CCNC(=NCc1ccc(N2CCCC2)nc1)NC1CCN(c2ncccc2F)C1.I. The standard InChI is InChI=1S/C22H30FN7.HI/c1-2-24-22(27-15-17-7-8-20(26-14-17)29-11-3-4-12-29)28-18-9-13-30(16-18)21-19(23)6-5-10-25-21;/h5-8,10,14,18H,2-4,9,11-13,15-16H2,1H3,(H2,24,27,28);1H. The first-order chi connectivity index (χ1) is 14.7. The van der Waals surface area contributed by atoms with Crippen molar-refractivity contribution >= 4 is 41.6 Å². The van der Waals surface area contributed by atoms with Crippen LogP contribution in [0.4, 0.5) is 16.0 Å². The van der Waals surface area contributed by atoms with Gasteiger partial charge in [-0.15, -0.1) is 24.0 Å². The molecule has 1 unspecified atom stereocenters. The van der Waals surface area contributed by atoms with Gasteiger partial charge in [0.15, 0.2) is 17.6 Å². The topological polar surface area (TPSA) is 68.7 Å². The number of rotatable bonds is 6. The number of halogens is 2. The van der Waals surface area contributed by atoms with E-state index >= 15 is 0 Å². The highest BCUT2D eigenvalue weighted by Crippen LogP contribution is 2.21. The van der Waals surface area contributed by atoms with Crippen molar-refractivity contribution in [2.24, 2.45) is 4.99 Å². The van der Waals surface area contributed by atoms with Gasteiger partial charge in [0.25, 0.3) is 0 Å². The average Bonchev–Trinajstić information content (AvgIpc) is 3.45. The summed E-state index contributed by atoms with van der Waals surface area (Å²) in [6.45, 7) is 7.06. The summed E-state index contributed by atoms with van der Waals surface area (Å²) in [4.78, 5) is 17.8. The minimum atomic E-state index is -0.274. The third kappa shape index (κ3) is 6.18. The van der Waals surface area contributed by atoms with Crippen LogP contribution in [0.15, 0.2) is 41.7 Å². The highest BCUT2D eigenvalue weighted by Gasteiger charge is 2.26. The smallest absolute Gasteiger partial charge is 0.191 e. The van der Waals surface area contributed by atoms with Crippen molar-refractivity contribution in [3.8, 4) is 0 Å². The molecule has 2 aliphatic heterocycles. The molecular formula is C22H31FIN7. The van der Waals surface area contributed by atoms with E-state index in [1.165, 1.54) is 18.9 Å². The molecule has 2 saturated heterocycles. The van der Waals surface area contributed by atoms with E-state index in [2.05, 4.69) is 37.6 Å². The lowest BCUT2D eigenvalue weighted by molar-refractivity contribution is 0.612. The molecule has 31 heavy (non-hydrogen) atoms. The molecule has 0 radical (unpaired) electrons. The fraction of sp³-hybridized carbons (Fsp3) is 0.500. The van der Waals surface area contributed by atoms with Gasteiger partial charge >= 0.3 is 0 Å². The van der Waals surface area contributed by atoms with Crippen LogP contribution < -0.4 is 20.4 Å². The largest absolute Gasteiger partial charge is 0.357 e. The Bertz CT molecular complexity index is 855. The highest BCUT2D eigenvalue weighted by molar-refractivity contribution is 14.0. The first kappa shape index (κ1) is 23.5. The molecule has 4 heterocycles. The number of pyridine rings is 2. The van der Waals surface area contributed by atoms with E-state index in [1.807, 2.05) is 18.0 Å². The van der Waals surface area contributed by atoms with Gasteiger partial charge in [0.2, 0.25) is 0 Å². The van der Waals surface area contributed by atoms with Gasteiger partial charge in [0.1, 0.15) is 5.82 Å². The number of guanidine groups is 1. The number of anilines is 2. The molecule has 1 atom stereocenters. The van der Waals surface area contributed by atoms with Crippen LogP contribution in [-0.4, -0.2) is 54.7 Å². The maximum Gasteiger partial charge on any atom is 0.191 e. The fourth-order valence-corrected chi connectivity index (χ4v) is 4.01. The maximum atomic E-state index is 14.0. The van der Waals surface area contributed by atoms with Gasteiger partial charge in [-0.05, 0) is 49.9 Å². The second-order valence-electron chi connectivity index (χ2n) is 7.80. The summed E-state index contributed by atoms with van der Waals surface area (Å²) in [6, 6.07) is 7.46. The molecule has 2 N–H and O–H groups in total. The van der Waals surface area contributed by atoms with Gasteiger partial charge in [-0.2, -0.15) is 0 Å². The summed E-state index contributed by atoms with van der Waals surface area (Å²) >= 11 is 0. The highest BCUT2D eigenvalue weighted by atomic mass is 127. The Balaban J connectivity index is 0.00000272. The predicted molar refractivity (Wildman–Crippen MR) is 134 cm³/mol. The van der Waals surface area contributed by atoms with E-state index in [-0.39, 0.29) is 35.8 Å². The second-order valence-corrected chi connectivity index (χ2v) is 7.80. The molecule has 2 aromatic heterocycles. The normalized spacial score (nSPS) is 18.8. The monoisotopic (exact) mass is 539 g/mol. The predicted octanol–water partition coefficient (Wildman–Crippen LogP) is 3.17. The molecule has 0 aliphatic carbocycles. The maximum absolute atomic E-state index is 14.0. The summed E-state index contributed by atoms with van der Waals surface area (Å²) in [5.41, 5.74) is 1.08. The van der Waals surface area contributed by atoms with Gasteiger partial charge < -0.3 is 20.4 Å². The number of aliphatic imine (C=N–C) groups is 1. The molecule has 9 heteroatoms. The van der Waals surface area contributed by atoms with Gasteiger partial charge in [0.05, 0.1) is 6.54 Å². The number of nitrogens with one attached hydrogen (secondary N) is 2. The van der Waals surface area contributed by atoms with Gasteiger partial charge in [-0.3, -0.25) is 0 Å². The van der Waals surface area contributed by atoms with Crippen molar-refractivity contribution < 1.29 is 4.39 Å². The van der Waals surface area contributed by atoms with Crippen LogP contribution in [0.25, 0.3) is 0 Å². The molecule has 0 aromatic carbocycles. The van der Waals surface area contributed by atoms with Gasteiger partial charge in [-0.25, -0.2) is 19.4 Å². The van der Waals surface area contributed by atoms with Crippen molar-refractivity contribution in [3.63, 3.8) is 0 Å². The fourth-order valence-electron chi connectivity index (χ4n) is 4.01. The van der Waals surface area contributed by atoms with Crippen LogP contribution >= 0.6 is 24.0 Å². The van der Waals surface area contributed by atoms with E-state index < -0.39 is 0 Å². The first-order valence-electron chi connectivity index (χ1n) is 10.8. The van der Waals surface area contributed by atoms with E-state index in [0.29, 0.717) is 18.9 Å². The van der Waals surface area contributed by atoms with Gasteiger partial charge in [0, 0.05) is 51.2 Å². The second kappa shape index (κ2) is 11.4. The molecule has 168 valence electrons. The molecule has 2 aliphatic rings. The van der Waals surface area contributed by atoms with Crippen molar-refractivity contribution in [3.05, 3.63) is 48.0 Å². The van der Waals surface area contributed by atoms with Crippen LogP contribution in [0.3, 0.4) is 0 Å². The third-order valence-electron chi connectivity index (χ3n) is 5.57.